The summed E-state index contributed by atoms with van der Waals surface area (Å²) in [5.74, 6) is 0.149. The lowest BCUT2D eigenvalue weighted by molar-refractivity contribution is -0.149. The number of hydrogen-bond acceptors (Lipinski definition) is 4. The molecule has 1 saturated heterocycles. The quantitative estimate of drug-likeness (QED) is 0.758. The van der Waals surface area contributed by atoms with E-state index in [2.05, 4.69) is 9.93 Å². The van der Waals surface area contributed by atoms with Gasteiger partial charge in [0.15, 0.2) is 11.0 Å². The van der Waals surface area contributed by atoms with Crippen molar-refractivity contribution in [3.05, 3.63) is 24.3 Å². The zero-order valence-corrected chi connectivity index (χ0v) is 15.0. The Balaban J connectivity index is 1.79. The highest BCUT2D eigenvalue weighted by atomic mass is 32.2. The topological polar surface area (TPSA) is 71.0 Å². The second kappa shape index (κ2) is 9.02. The Morgan fingerprint density at radius 2 is 1.88 bits per heavy atom. The lowest BCUT2D eigenvalue weighted by Gasteiger charge is -2.27. The van der Waals surface area contributed by atoms with Crippen molar-refractivity contribution in [2.24, 2.45) is 5.10 Å². The smallest absolute Gasteiger partial charge is 0.389 e. The summed E-state index contributed by atoms with van der Waals surface area (Å²) in [6, 6.07) is 6.69. The second-order valence-electron chi connectivity index (χ2n) is 5.71. The standard InChI is InChI=1S/C16H20F3N3O3S/c1-25-13-2-4-14(5-3-13)26(24)21-20-12-7-10-22(11-8-12)15(23)6-9-16(17,18)19/h2-5,21H,6-11H2,1H3. The highest BCUT2D eigenvalue weighted by Gasteiger charge is 2.29. The number of methoxy groups -OCH3 is 1. The van der Waals surface area contributed by atoms with Crippen molar-refractivity contribution in [2.75, 3.05) is 20.2 Å². The molecule has 1 heterocycles. The van der Waals surface area contributed by atoms with E-state index < -0.39 is 35.9 Å². The first-order valence-electron chi connectivity index (χ1n) is 8.00. The number of rotatable bonds is 6. The maximum absolute atomic E-state index is 12.2. The molecule has 1 aromatic carbocycles. The van der Waals surface area contributed by atoms with Gasteiger partial charge in [0.2, 0.25) is 5.91 Å². The Labute approximate surface area is 152 Å². The first-order chi connectivity index (χ1) is 12.3. The van der Waals surface area contributed by atoms with Crippen LogP contribution >= 0.6 is 0 Å². The van der Waals surface area contributed by atoms with Crippen LogP contribution in [0.15, 0.2) is 34.3 Å². The molecule has 10 heteroatoms. The van der Waals surface area contributed by atoms with Crippen LogP contribution < -0.4 is 9.57 Å². The third-order valence-electron chi connectivity index (χ3n) is 3.88. The molecule has 144 valence electrons. The number of likely N-dealkylation sites (tertiary alicyclic amines) is 1. The van der Waals surface area contributed by atoms with Crippen LogP contribution in [0.2, 0.25) is 0 Å². The summed E-state index contributed by atoms with van der Waals surface area (Å²) in [4.78, 5) is 16.3. The fraction of sp³-hybridized carbons (Fsp3) is 0.500. The van der Waals surface area contributed by atoms with Crippen molar-refractivity contribution in [2.45, 2.75) is 36.8 Å². The Bertz CT molecular complexity index is 668. The molecule has 26 heavy (non-hydrogen) atoms. The van der Waals surface area contributed by atoms with E-state index >= 15 is 0 Å². The predicted molar refractivity (Wildman–Crippen MR) is 91.1 cm³/mol. The monoisotopic (exact) mass is 391 g/mol. The molecule has 1 unspecified atom stereocenters. The molecule has 1 aromatic rings. The number of carbonyl (C=O) groups excluding carboxylic acids is 1. The Kier molecular flexibility index (Phi) is 7.01. The van der Waals surface area contributed by atoms with Crippen LogP contribution in [-0.4, -0.2) is 47.1 Å². The zero-order chi connectivity index (χ0) is 19.2. The van der Waals surface area contributed by atoms with Gasteiger partial charge in [-0.3, -0.25) is 4.79 Å². The normalized spacial score (nSPS) is 16.2. The van der Waals surface area contributed by atoms with Gasteiger partial charge in [0.25, 0.3) is 0 Å². The van der Waals surface area contributed by atoms with Gasteiger partial charge in [-0.25, -0.2) is 9.04 Å². The van der Waals surface area contributed by atoms with Crippen molar-refractivity contribution in [1.29, 1.82) is 0 Å². The van der Waals surface area contributed by atoms with Crippen molar-refractivity contribution in [3.8, 4) is 5.75 Å². The van der Waals surface area contributed by atoms with Crippen molar-refractivity contribution < 1.29 is 26.9 Å². The number of carbonyl (C=O) groups is 1. The molecule has 0 radical (unpaired) electrons. The van der Waals surface area contributed by atoms with Crippen LogP contribution in [0, 0.1) is 0 Å². The number of amides is 1. The maximum atomic E-state index is 12.2. The van der Waals surface area contributed by atoms with E-state index in [9.17, 15) is 22.2 Å². The summed E-state index contributed by atoms with van der Waals surface area (Å²) in [7, 11) is 0.0136. The lowest BCUT2D eigenvalue weighted by Crippen LogP contribution is -2.39. The second-order valence-corrected chi connectivity index (χ2v) is 6.90. The molecule has 0 spiro atoms. The van der Waals surface area contributed by atoms with Crippen molar-refractivity contribution >= 4 is 22.6 Å². The molecular weight excluding hydrogens is 371 g/mol. The van der Waals surface area contributed by atoms with Crippen LogP contribution in [0.1, 0.15) is 25.7 Å². The summed E-state index contributed by atoms with van der Waals surface area (Å²) in [5, 5.41) is 4.10. The van der Waals surface area contributed by atoms with Crippen LogP contribution in [0.5, 0.6) is 5.75 Å². The largest absolute Gasteiger partial charge is 0.497 e. The summed E-state index contributed by atoms with van der Waals surface area (Å²) in [6.45, 7) is 0.624. The van der Waals surface area contributed by atoms with Gasteiger partial charge >= 0.3 is 6.18 Å². The Morgan fingerprint density at radius 1 is 1.27 bits per heavy atom. The summed E-state index contributed by atoms with van der Waals surface area (Å²) in [6.07, 6.45) is -5.09. The third kappa shape index (κ3) is 6.32. The predicted octanol–water partition coefficient (Wildman–Crippen LogP) is 2.63. The molecule has 0 saturated carbocycles. The molecule has 1 N–H and O–H groups in total. The highest BCUT2D eigenvalue weighted by Crippen LogP contribution is 2.22. The van der Waals surface area contributed by atoms with Gasteiger partial charge in [0.1, 0.15) is 5.75 Å². The molecular formula is C16H20F3N3O3S. The number of alkyl halides is 3. The number of ether oxygens (including phenoxy) is 1. The number of nitrogens with one attached hydrogen (secondary N) is 1. The summed E-state index contributed by atoms with van der Waals surface area (Å²) >= 11 is 0. The molecule has 2 rings (SSSR count). The lowest BCUT2D eigenvalue weighted by atomic mass is 10.1. The van der Waals surface area contributed by atoms with E-state index in [1.54, 1.807) is 24.3 Å². The van der Waals surface area contributed by atoms with Gasteiger partial charge in [-0.05, 0) is 24.3 Å². The van der Waals surface area contributed by atoms with E-state index in [-0.39, 0.29) is 0 Å². The van der Waals surface area contributed by atoms with E-state index in [1.807, 2.05) is 0 Å². The van der Waals surface area contributed by atoms with Crippen molar-refractivity contribution in [1.82, 2.24) is 9.73 Å². The van der Waals surface area contributed by atoms with Gasteiger partial charge in [-0.1, -0.05) is 0 Å². The molecule has 0 bridgehead atoms. The maximum Gasteiger partial charge on any atom is 0.389 e. The SMILES string of the molecule is COc1ccc(S(=O)NN=C2CCN(C(=O)CCC(F)(F)F)CC2)cc1. The summed E-state index contributed by atoms with van der Waals surface area (Å²) in [5.41, 5.74) is 0.728. The average molecular weight is 391 g/mol. The van der Waals surface area contributed by atoms with Gasteiger partial charge in [-0.2, -0.15) is 18.3 Å². The minimum atomic E-state index is -4.33. The molecule has 1 amide bonds. The first-order valence-corrected chi connectivity index (χ1v) is 9.15. The number of nitrogens with zero attached hydrogens (tertiary/aromatic N) is 2. The molecule has 0 aliphatic carbocycles. The molecule has 1 fully saturated rings. The fourth-order valence-electron chi connectivity index (χ4n) is 2.39. The number of piperidine rings is 1. The Morgan fingerprint density at radius 3 is 2.42 bits per heavy atom. The highest BCUT2D eigenvalue weighted by molar-refractivity contribution is 7.83. The van der Waals surface area contributed by atoms with Crippen LogP contribution in [0.3, 0.4) is 0 Å². The third-order valence-corrected chi connectivity index (χ3v) is 4.83. The van der Waals surface area contributed by atoms with Crippen LogP contribution in [0.4, 0.5) is 13.2 Å². The van der Waals surface area contributed by atoms with Crippen LogP contribution in [-0.2, 0) is 15.8 Å². The molecule has 1 aliphatic heterocycles. The molecule has 1 atom stereocenters. The minimum Gasteiger partial charge on any atom is -0.497 e. The van der Waals surface area contributed by atoms with E-state index in [1.165, 1.54) is 12.0 Å². The first kappa shape index (κ1) is 20.2. The van der Waals surface area contributed by atoms with Gasteiger partial charge < -0.3 is 9.64 Å². The van der Waals surface area contributed by atoms with Crippen molar-refractivity contribution in [3.63, 3.8) is 0 Å². The molecule has 1 aliphatic rings. The van der Waals surface area contributed by atoms with Gasteiger partial charge in [0.05, 0.1) is 18.4 Å². The fourth-order valence-corrected chi connectivity index (χ4v) is 3.09. The minimum absolute atomic E-state index is 0.312. The zero-order valence-electron chi connectivity index (χ0n) is 14.2. The Hall–Kier alpha value is -2.10. The van der Waals surface area contributed by atoms with E-state index in [0.717, 1.165) is 5.71 Å². The van der Waals surface area contributed by atoms with Crippen LogP contribution in [0.25, 0.3) is 0 Å². The van der Waals surface area contributed by atoms with E-state index in [4.69, 9.17) is 4.74 Å². The summed E-state index contributed by atoms with van der Waals surface area (Å²) < 4.78 is 53.7. The van der Waals surface area contributed by atoms with Gasteiger partial charge in [0, 0.05) is 38.1 Å². The van der Waals surface area contributed by atoms with E-state index in [0.29, 0.717) is 36.6 Å². The number of benzene rings is 1. The number of hydrogen-bond donors (Lipinski definition) is 1. The molecule has 0 aromatic heterocycles. The molecule has 6 nitrogen and oxygen atoms in total. The van der Waals surface area contributed by atoms with Gasteiger partial charge in [-0.15, -0.1) is 0 Å². The average Bonchev–Trinajstić information content (AvgIpc) is 2.64. The number of halogens is 3. The number of hydrazone groups is 1.